The number of carbonyl (C=O) groups excluding carboxylic acids is 1. The zero-order valence-corrected chi connectivity index (χ0v) is 10.6. The van der Waals surface area contributed by atoms with Gasteiger partial charge in [-0.2, -0.15) is 0 Å². The Morgan fingerprint density at radius 1 is 1.11 bits per heavy atom. The highest BCUT2D eigenvalue weighted by atomic mass is 16.4. The van der Waals surface area contributed by atoms with Gasteiger partial charge in [0.05, 0.1) is 5.92 Å². The predicted octanol–water partition coefficient (Wildman–Crippen LogP) is 3.07. The highest BCUT2D eigenvalue weighted by Crippen LogP contribution is 2.31. The van der Waals surface area contributed by atoms with Crippen molar-refractivity contribution in [1.29, 1.82) is 0 Å². The summed E-state index contributed by atoms with van der Waals surface area (Å²) in [5.74, 6) is -1.14. The fraction of sp³-hybridized carbons (Fsp3) is 0.467. The van der Waals surface area contributed by atoms with Crippen LogP contribution in [0, 0.1) is 18.8 Å². The van der Waals surface area contributed by atoms with Crippen LogP contribution in [0.15, 0.2) is 24.3 Å². The minimum absolute atomic E-state index is 0.0981. The Kier molecular flexibility index (Phi) is 3.80. The second-order valence-electron chi connectivity index (χ2n) is 5.13. The molecule has 1 aliphatic rings. The first-order valence-corrected chi connectivity index (χ1v) is 6.41. The first kappa shape index (κ1) is 12.8. The van der Waals surface area contributed by atoms with Crippen molar-refractivity contribution in [2.75, 3.05) is 0 Å². The molecule has 1 N–H and O–H groups in total. The normalized spacial score (nSPS) is 23.6. The Morgan fingerprint density at radius 3 is 2.33 bits per heavy atom. The van der Waals surface area contributed by atoms with Crippen molar-refractivity contribution < 1.29 is 14.7 Å². The number of hydrogen-bond acceptors (Lipinski definition) is 2. The van der Waals surface area contributed by atoms with Crippen LogP contribution in [0.4, 0.5) is 0 Å². The topological polar surface area (TPSA) is 54.4 Å². The van der Waals surface area contributed by atoms with E-state index < -0.39 is 5.97 Å². The molecule has 1 saturated carbocycles. The second-order valence-corrected chi connectivity index (χ2v) is 5.13. The minimum atomic E-state index is -0.767. The molecule has 0 saturated heterocycles. The number of aliphatic carboxylic acids is 1. The molecule has 1 aromatic rings. The molecular weight excluding hydrogens is 228 g/mol. The van der Waals surface area contributed by atoms with Crippen LogP contribution in [-0.2, 0) is 4.79 Å². The lowest BCUT2D eigenvalue weighted by atomic mass is 9.78. The van der Waals surface area contributed by atoms with Crippen LogP contribution >= 0.6 is 0 Å². The molecule has 1 aliphatic carbocycles. The van der Waals surface area contributed by atoms with Gasteiger partial charge in [-0.05, 0) is 26.2 Å². The number of rotatable bonds is 3. The van der Waals surface area contributed by atoms with Crippen LogP contribution in [0.1, 0.15) is 41.6 Å². The first-order chi connectivity index (χ1) is 8.58. The van der Waals surface area contributed by atoms with Crippen molar-refractivity contribution in [3.8, 4) is 0 Å². The second kappa shape index (κ2) is 5.34. The van der Waals surface area contributed by atoms with Crippen LogP contribution in [-0.4, -0.2) is 16.9 Å². The summed E-state index contributed by atoms with van der Waals surface area (Å²) < 4.78 is 0. The number of carbonyl (C=O) groups is 2. The third-order valence-corrected chi connectivity index (χ3v) is 3.73. The Balaban J connectivity index is 2.09. The largest absolute Gasteiger partial charge is 0.481 e. The van der Waals surface area contributed by atoms with Gasteiger partial charge in [-0.25, -0.2) is 0 Å². The molecule has 0 aromatic heterocycles. The summed E-state index contributed by atoms with van der Waals surface area (Å²) in [6, 6.07) is 7.51. The van der Waals surface area contributed by atoms with Crippen molar-refractivity contribution in [3.63, 3.8) is 0 Å². The van der Waals surface area contributed by atoms with Gasteiger partial charge in [0.2, 0.25) is 0 Å². The monoisotopic (exact) mass is 246 g/mol. The van der Waals surface area contributed by atoms with Gasteiger partial charge in [-0.1, -0.05) is 36.2 Å². The van der Waals surface area contributed by atoms with Crippen molar-refractivity contribution in [2.24, 2.45) is 11.8 Å². The average Bonchev–Trinajstić information content (AvgIpc) is 2.39. The van der Waals surface area contributed by atoms with Gasteiger partial charge in [0.25, 0.3) is 0 Å². The van der Waals surface area contributed by atoms with Crippen LogP contribution in [0.3, 0.4) is 0 Å². The van der Waals surface area contributed by atoms with Gasteiger partial charge in [-0.3, -0.25) is 9.59 Å². The first-order valence-electron chi connectivity index (χ1n) is 6.41. The van der Waals surface area contributed by atoms with Gasteiger partial charge in [0.15, 0.2) is 5.78 Å². The van der Waals surface area contributed by atoms with Crippen LogP contribution < -0.4 is 0 Å². The lowest BCUT2D eigenvalue weighted by Crippen LogP contribution is -2.27. The van der Waals surface area contributed by atoms with Gasteiger partial charge >= 0.3 is 5.97 Å². The van der Waals surface area contributed by atoms with Gasteiger partial charge in [-0.15, -0.1) is 0 Å². The molecule has 0 spiro atoms. The number of ketones is 1. The van der Waals surface area contributed by atoms with Crippen LogP contribution in [0.2, 0.25) is 0 Å². The molecule has 3 heteroatoms. The molecule has 1 aromatic carbocycles. The summed E-state index contributed by atoms with van der Waals surface area (Å²) >= 11 is 0. The van der Waals surface area contributed by atoms with Crippen molar-refractivity contribution in [1.82, 2.24) is 0 Å². The molecule has 1 fully saturated rings. The van der Waals surface area contributed by atoms with E-state index in [2.05, 4.69) is 0 Å². The summed E-state index contributed by atoms with van der Waals surface area (Å²) in [6.45, 7) is 1.98. The summed E-state index contributed by atoms with van der Waals surface area (Å²) in [4.78, 5) is 23.3. The summed E-state index contributed by atoms with van der Waals surface area (Å²) in [5, 5.41) is 9.03. The molecule has 0 unspecified atom stereocenters. The molecule has 2 rings (SSSR count). The van der Waals surface area contributed by atoms with E-state index in [1.165, 1.54) is 0 Å². The molecule has 0 radical (unpaired) electrons. The van der Waals surface area contributed by atoms with Crippen LogP contribution in [0.5, 0.6) is 0 Å². The summed E-state index contributed by atoms with van der Waals surface area (Å²) in [6.07, 6.45) is 2.84. The smallest absolute Gasteiger partial charge is 0.306 e. The van der Waals surface area contributed by atoms with E-state index in [1.807, 2.05) is 31.2 Å². The number of Topliss-reactive ketones (excluding diaryl/α,β-unsaturated/α-hetero) is 1. The SMILES string of the molecule is Cc1ccc(C(=O)[C@H]2CCC[C@@H](C(=O)O)C2)cc1. The number of hydrogen-bond donors (Lipinski definition) is 1. The standard InChI is InChI=1S/C15H18O3/c1-10-5-7-11(8-6-10)14(16)12-3-2-4-13(9-12)15(17)18/h5-8,12-13H,2-4,9H2,1H3,(H,17,18)/t12-,13+/m0/s1. The van der Waals surface area contributed by atoms with Gasteiger partial charge in [0.1, 0.15) is 0 Å². The lowest BCUT2D eigenvalue weighted by Gasteiger charge is -2.25. The third-order valence-electron chi connectivity index (χ3n) is 3.73. The van der Waals surface area contributed by atoms with E-state index in [-0.39, 0.29) is 17.6 Å². The molecule has 3 nitrogen and oxygen atoms in total. The highest BCUT2D eigenvalue weighted by molar-refractivity contribution is 5.98. The lowest BCUT2D eigenvalue weighted by molar-refractivity contribution is -0.143. The van der Waals surface area contributed by atoms with E-state index in [0.717, 1.165) is 18.4 Å². The average molecular weight is 246 g/mol. The van der Waals surface area contributed by atoms with E-state index in [4.69, 9.17) is 5.11 Å². The van der Waals surface area contributed by atoms with Crippen LogP contribution in [0.25, 0.3) is 0 Å². The van der Waals surface area contributed by atoms with Crippen molar-refractivity contribution >= 4 is 11.8 Å². The maximum absolute atomic E-state index is 12.3. The highest BCUT2D eigenvalue weighted by Gasteiger charge is 2.31. The fourth-order valence-electron chi connectivity index (χ4n) is 2.61. The van der Waals surface area contributed by atoms with E-state index in [0.29, 0.717) is 18.4 Å². The Labute approximate surface area is 107 Å². The molecule has 0 amide bonds. The van der Waals surface area contributed by atoms with Crippen molar-refractivity contribution in [2.45, 2.75) is 32.6 Å². The number of benzene rings is 1. The number of carboxylic acids is 1. The molecule has 0 heterocycles. The molecule has 2 atom stereocenters. The zero-order chi connectivity index (χ0) is 13.1. The third kappa shape index (κ3) is 2.78. The zero-order valence-electron chi connectivity index (χ0n) is 10.6. The van der Waals surface area contributed by atoms with Gasteiger partial charge < -0.3 is 5.11 Å². The molecule has 96 valence electrons. The maximum Gasteiger partial charge on any atom is 0.306 e. The predicted molar refractivity (Wildman–Crippen MR) is 68.6 cm³/mol. The maximum atomic E-state index is 12.3. The number of aryl methyl sites for hydroxylation is 1. The Hall–Kier alpha value is -1.64. The Morgan fingerprint density at radius 2 is 1.72 bits per heavy atom. The molecule has 18 heavy (non-hydrogen) atoms. The summed E-state index contributed by atoms with van der Waals surface area (Å²) in [5.41, 5.74) is 1.83. The summed E-state index contributed by atoms with van der Waals surface area (Å²) in [7, 11) is 0. The number of carboxylic acid groups (broad SMARTS) is 1. The van der Waals surface area contributed by atoms with Crippen molar-refractivity contribution in [3.05, 3.63) is 35.4 Å². The molecular formula is C15H18O3. The van der Waals surface area contributed by atoms with E-state index in [9.17, 15) is 9.59 Å². The van der Waals surface area contributed by atoms with E-state index in [1.54, 1.807) is 0 Å². The fourth-order valence-corrected chi connectivity index (χ4v) is 2.61. The van der Waals surface area contributed by atoms with Gasteiger partial charge in [0, 0.05) is 11.5 Å². The minimum Gasteiger partial charge on any atom is -0.481 e. The van der Waals surface area contributed by atoms with E-state index >= 15 is 0 Å². The molecule has 0 bridgehead atoms. The Bertz CT molecular complexity index is 447. The quantitative estimate of drug-likeness (QED) is 0.834. The molecule has 0 aliphatic heterocycles.